The molecule has 1 amide bonds. The molecule has 2 aromatic carbocycles. The van der Waals surface area contributed by atoms with Crippen molar-refractivity contribution in [2.45, 2.75) is 13.8 Å². The fraction of sp³-hybridized carbons (Fsp3) is 0.167. The first-order valence-corrected chi connectivity index (χ1v) is 7.84. The number of carbonyl (C=O) groups excluding carboxylic acids is 2. The highest BCUT2D eigenvalue weighted by Crippen LogP contribution is 2.25. The maximum atomic E-state index is 12.1. The molecular formula is C18H17ClN2O4. The molecule has 0 bridgehead atoms. The first-order chi connectivity index (χ1) is 11.8. The second-order valence-electron chi connectivity index (χ2n) is 5.46. The molecule has 0 unspecified atom stereocenters. The van der Waals surface area contributed by atoms with E-state index in [9.17, 15) is 14.4 Å². The summed E-state index contributed by atoms with van der Waals surface area (Å²) in [5, 5.41) is 15.0. The van der Waals surface area contributed by atoms with Crippen LogP contribution in [0.5, 0.6) is 0 Å². The molecule has 6 nitrogen and oxygen atoms in total. The van der Waals surface area contributed by atoms with Crippen molar-refractivity contribution in [3.05, 3.63) is 58.1 Å². The van der Waals surface area contributed by atoms with Gasteiger partial charge in [-0.15, -0.1) is 0 Å². The van der Waals surface area contributed by atoms with Crippen molar-refractivity contribution < 1.29 is 19.5 Å². The van der Waals surface area contributed by atoms with Gasteiger partial charge in [-0.3, -0.25) is 9.59 Å². The summed E-state index contributed by atoms with van der Waals surface area (Å²) in [5.41, 5.74) is 1.86. The van der Waals surface area contributed by atoms with Crippen LogP contribution in [0.3, 0.4) is 0 Å². The number of ketones is 1. The summed E-state index contributed by atoms with van der Waals surface area (Å²) >= 11 is 6.03. The van der Waals surface area contributed by atoms with E-state index in [2.05, 4.69) is 10.6 Å². The summed E-state index contributed by atoms with van der Waals surface area (Å²) in [6.45, 7) is 3.07. The molecular weight excluding hydrogens is 344 g/mol. The number of hydrogen-bond acceptors (Lipinski definition) is 4. The summed E-state index contributed by atoms with van der Waals surface area (Å²) in [7, 11) is 0. The molecule has 0 aliphatic heterocycles. The third-order valence-corrected chi connectivity index (χ3v) is 3.96. The number of rotatable bonds is 6. The van der Waals surface area contributed by atoms with Crippen LogP contribution in [-0.2, 0) is 4.79 Å². The van der Waals surface area contributed by atoms with E-state index in [1.54, 1.807) is 31.2 Å². The van der Waals surface area contributed by atoms with E-state index in [-0.39, 0.29) is 23.6 Å². The number of halogens is 1. The molecule has 7 heteroatoms. The van der Waals surface area contributed by atoms with Gasteiger partial charge in [-0.25, -0.2) is 4.79 Å². The van der Waals surface area contributed by atoms with E-state index >= 15 is 0 Å². The molecule has 0 spiro atoms. The van der Waals surface area contributed by atoms with Gasteiger partial charge in [-0.1, -0.05) is 23.7 Å². The van der Waals surface area contributed by atoms with E-state index in [1.165, 1.54) is 19.1 Å². The second-order valence-corrected chi connectivity index (χ2v) is 5.86. The number of benzene rings is 2. The number of anilines is 2. The highest BCUT2D eigenvalue weighted by molar-refractivity contribution is 6.32. The largest absolute Gasteiger partial charge is 0.478 e. The van der Waals surface area contributed by atoms with Crippen LogP contribution >= 0.6 is 11.6 Å². The number of hydrogen-bond donors (Lipinski definition) is 3. The first kappa shape index (κ1) is 18.5. The molecule has 0 aromatic heterocycles. The van der Waals surface area contributed by atoms with Crippen LogP contribution in [0.15, 0.2) is 36.4 Å². The number of aryl methyl sites for hydroxylation is 1. The average molecular weight is 361 g/mol. The Balaban J connectivity index is 2.12. The molecule has 0 saturated heterocycles. The van der Waals surface area contributed by atoms with Crippen molar-refractivity contribution in [1.29, 1.82) is 0 Å². The maximum absolute atomic E-state index is 12.1. The molecule has 3 N–H and O–H groups in total. The van der Waals surface area contributed by atoms with Crippen LogP contribution in [-0.4, -0.2) is 29.3 Å². The topological polar surface area (TPSA) is 95.5 Å². The van der Waals surface area contributed by atoms with Gasteiger partial charge in [-0.05, 0) is 43.7 Å². The minimum atomic E-state index is -1.13. The van der Waals surface area contributed by atoms with E-state index in [0.29, 0.717) is 16.3 Å². The SMILES string of the molecule is CC(=O)c1cc(Cl)c(C)cc1NCC(=O)Nc1ccccc1C(=O)O. The van der Waals surface area contributed by atoms with Gasteiger partial charge in [0.1, 0.15) is 0 Å². The molecule has 0 fully saturated rings. The Kier molecular flexibility index (Phi) is 5.77. The van der Waals surface area contributed by atoms with Gasteiger partial charge in [0.15, 0.2) is 5.78 Å². The molecule has 0 radical (unpaired) electrons. The Morgan fingerprint density at radius 3 is 2.40 bits per heavy atom. The zero-order valence-corrected chi connectivity index (χ0v) is 14.5. The van der Waals surface area contributed by atoms with Gasteiger partial charge in [0.2, 0.25) is 5.91 Å². The van der Waals surface area contributed by atoms with Crippen LogP contribution < -0.4 is 10.6 Å². The number of carbonyl (C=O) groups is 3. The second kappa shape index (κ2) is 7.81. The van der Waals surface area contributed by atoms with E-state index < -0.39 is 11.9 Å². The fourth-order valence-electron chi connectivity index (χ4n) is 2.27. The summed E-state index contributed by atoms with van der Waals surface area (Å²) in [6, 6.07) is 9.37. The number of para-hydroxylation sites is 1. The Morgan fingerprint density at radius 2 is 1.76 bits per heavy atom. The van der Waals surface area contributed by atoms with Gasteiger partial charge in [-0.2, -0.15) is 0 Å². The molecule has 0 aliphatic carbocycles. The molecule has 130 valence electrons. The monoisotopic (exact) mass is 360 g/mol. The van der Waals surface area contributed by atoms with Crippen molar-refractivity contribution >= 4 is 40.6 Å². The number of carboxylic acid groups (broad SMARTS) is 1. The van der Waals surface area contributed by atoms with Crippen LogP contribution in [0.4, 0.5) is 11.4 Å². The Hall–Kier alpha value is -2.86. The zero-order valence-electron chi connectivity index (χ0n) is 13.7. The standard InChI is InChI=1S/C18H17ClN2O4/c1-10-7-16(13(11(2)22)8-14(10)19)20-9-17(23)21-15-6-4-3-5-12(15)18(24)25/h3-8,20H,9H2,1-2H3,(H,21,23)(H,24,25). The predicted octanol–water partition coefficient (Wildman–Crippen LogP) is 3.60. The Bertz CT molecular complexity index is 849. The van der Waals surface area contributed by atoms with Crippen LogP contribution in [0.25, 0.3) is 0 Å². The van der Waals surface area contributed by atoms with Crippen molar-refractivity contribution in [1.82, 2.24) is 0 Å². The summed E-state index contributed by atoms with van der Waals surface area (Å²) < 4.78 is 0. The van der Waals surface area contributed by atoms with Crippen molar-refractivity contribution in [2.24, 2.45) is 0 Å². The number of aromatic carboxylic acids is 1. The lowest BCUT2D eigenvalue weighted by Gasteiger charge is -2.13. The lowest BCUT2D eigenvalue weighted by molar-refractivity contribution is -0.114. The van der Waals surface area contributed by atoms with E-state index in [1.807, 2.05) is 0 Å². The molecule has 2 rings (SSSR count). The van der Waals surface area contributed by atoms with Gasteiger partial charge in [0.05, 0.1) is 17.8 Å². The van der Waals surface area contributed by atoms with Crippen molar-refractivity contribution in [2.75, 3.05) is 17.2 Å². The smallest absolute Gasteiger partial charge is 0.337 e. The molecule has 0 saturated carbocycles. The van der Waals surface area contributed by atoms with E-state index in [4.69, 9.17) is 16.7 Å². The summed E-state index contributed by atoms with van der Waals surface area (Å²) in [6.07, 6.45) is 0. The van der Waals surface area contributed by atoms with E-state index in [0.717, 1.165) is 5.56 Å². The minimum Gasteiger partial charge on any atom is -0.478 e. The molecule has 0 heterocycles. The first-order valence-electron chi connectivity index (χ1n) is 7.46. The predicted molar refractivity (Wildman–Crippen MR) is 96.7 cm³/mol. The maximum Gasteiger partial charge on any atom is 0.337 e. The van der Waals surface area contributed by atoms with Crippen molar-refractivity contribution in [3.63, 3.8) is 0 Å². The lowest BCUT2D eigenvalue weighted by atomic mass is 10.1. The van der Waals surface area contributed by atoms with Gasteiger partial charge >= 0.3 is 5.97 Å². The van der Waals surface area contributed by atoms with Crippen LogP contribution in [0.1, 0.15) is 33.2 Å². The van der Waals surface area contributed by atoms with Gasteiger partial charge in [0.25, 0.3) is 0 Å². The fourth-order valence-corrected chi connectivity index (χ4v) is 2.43. The minimum absolute atomic E-state index is 0.00242. The van der Waals surface area contributed by atoms with Crippen LogP contribution in [0, 0.1) is 6.92 Å². The molecule has 0 atom stereocenters. The Morgan fingerprint density at radius 1 is 1.08 bits per heavy atom. The Labute approximate surface area is 149 Å². The average Bonchev–Trinajstić information content (AvgIpc) is 2.55. The highest BCUT2D eigenvalue weighted by atomic mass is 35.5. The van der Waals surface area contributed by atoms with Gasteiger partial charge < -0.3 is 15.7 Å². The summed E-state index contributed by atoms with van der Waals surface area (Å²) in [4.78, 5) is 35.0. The number of carboxylic acids is 1. The molecule has 0 aliphatic rings. The third kappa shape index (κ3) is 4.58. The number of amides is 1. The van der Waals surface area contributed by atoms with Crippen LogP contribution in [0.2, 0.25) is 5.02 Å². The quantitative estimate of drug-likeness (QED) is 0.684. The molecule has 25 heavy (non-hydrogen) atoms. The lowest BCUT2D eigenvalue weighted by Crippen LogP contribution is -2.23. The number of Topliss-reactive ketones (excluding diaryl/α,β-unsaturated/α-hetero) is 1. The highest BCUT2D eigenvalue weighted by Gasteiger charge is 2.14. The summed E-state index contributed by atoms with van der Waals surface area (Å²) in [5.74, 6) is -1.74. The zero-order chi connectivity index (χ0) is 18.6. The molecule has 2 aromatic rings. The van der Waals surface area contributed by atoms with Gasteiger partial charge in [0, 0.05) is 16.3 Å². The third-order valence-electron chi connectivity index (χ3n) is 3.55. The number of nitrogens with one attached hydrogen (secondary N) is 2. The van der Waals surface area contributed by atoms with Crippen molar-refractivity contribution in [3.8, 4) is 0 Å². The normalized spacial score (nSPS) is 10.2.